The molecule has 3 aromatic carbocycles. The number of halogens is 2. The SMILES string of the molecule is COc1ccc(CCc2nc3cc(NC(=NC4CC5CC(C4C)C5(C)C)N4CCNC(C)C4)ccc3c(=O)n2CCc2ccc(OC)cc2F)c(F)c1. The van der Waals surface area contributed by atoms with Crippen molar-refractivity contribution >= 4 is 22.5 Å². The molecule has 1 saturated heterocycles. The van der Waals surface area contributed by atoms with Crippen molar-refractivity contribution in [2.45, 2.75) is 78.4 Å². The van der Waals surface area contributed by atoms with Gasteiger partial charge < -0.3 is 25.0 Å². The Bertz CT molecular complexity index is 2060. The van der Waals surface area contributed by atoms with Crippen molar-refractivity contribution in [1.82, 2.24) is 19.8 Å². The number of anilines is 1. The van der Waals surface area contributed by atoms with Gasteiger partial charge in [-0.3, -0.25) is 9.36 Å². The minimum Gasteiger partial charge on any atom is -0.497 e. The molecule has 53 heavy (non-hydrogen) atoms. The highest BCUT2D eigenvalue weighted by Crippen LogP contribution is 2.61. The van der Waals surface area contributed by atoms with Gasteiger partial charge in [0, 0.05) is 56.5 Å². The van der Waals surface area contributed by atoms with Gasteiger partial charge in [0.2, 0.25) is 0 Å². The van der Waals surface area contributed by atoms with Crippen LogP contribution < -0.4 is 25.7 Å². The number of nitrogens with one attached hydrogen (secondary N) is 2. The molecular weight excluding hydrogens is 674 g/mol. The molecule has 282 valence electrons. The summed E-state index contributed by atoms with van der Waals surface area (Å²) in [5.41, 5.74) is 2.45. The molecule has 5 unspecified atom stereocenters. The lowest BCUT2D eigenvalue weighted by Gasteiger charge is -2.61. The first-order chi connectivity index (χ1) is 25.4. The largest absolute Gasteiger partial charge is 0.497 e. The number of guanidine groups is 1. The number of rotatable bonds is 10. The van der Waals surface area contributed by atoms with Crippen LogP contribution in [0.2, 0.25) is 0 Å². The molecule has 4 fully saturated rings. The third kappa shape index (κ3) is 7.50. The summed E-state index contributed by atoms with van der Waals surface area (Å²) in [4.78, 5) is 27.0. The van der Waals surface area contributed by atoms with Gasteiger partial charge in [0.1, 0.15) is 29.0 Å². The van der Waals surface area contributed by atoms with Crippen LogP contribution in [0.25, 0.3) is 10.9 Å². The zero-order chi connectivity index (χ0) is 37.4. The van der Waals surface area contributed by atoms with E-state index in [4.69, 9.17) is 19.5 Å². The number of benzene rings is 3. The standard InChI is InChI=1S/C42H52F2N6O3/c1-25-24-49(18-16-45-25)41(48-37-20-29-19-34(26(37)2)42(29,3)4)46-30-10-13-33-38(21-30)47-39(14-9-27-7-11-31(52-5)22-35(27)43)50(40(33)51)17-15-28-8-12-32(53-6)23-36(28)44/h7-8,10-13,21-23,25-26,29,34,37,45H,9,14-20,24H2,1-6H3,(H,46,48). The number of methoxy groups -OCH3 is 2. The molecule has 8 rings (SSSR count). The molecule has 11 heteroatoms. The van der Waals surface area contributed by atoms with Gasteiger partial charge in [-0.15, -0.1) is 0 Å². The van der Waals surface area contributed by atoms with Crippen LogP contribution in [0.5, 0.6) is 11.5 Å². The highest BCUT2D eigenvalue weighted by molar-refractivity contribution is 5.96. The Hall–Kier alpha value is -4.51. The van der Waals surface area contributed by atoms with Crippen LogP contribution >= 0.6 is 0 Å². The van der Waals surface area contributed by atoms with Crippen LogP contribution in [0.3, 0.4) is 0 Å². The number of aliphatic imine (C=N–C) groups is 1. The number of nitrogens with zero attached hydrogens (tertiary/aromatic N) is 4. The number of hydrogen-bond acceptors (Lipinski definition) is 6. The maximum atomic E-state index is 15.0. The molecule has 9 nitrogen and oxygen atoms in total. The second kappa shape index (κ2) is 15.1. The summed E-state index contributed by atoms with van der Waals surface area (Å²) < 4.78 is 41.9. The van der Waals surface area contributed by atoms with Gasteiger partial charge in [-0.1, -0.05) is 32.9 Å². The molecule has 2 N–H and O–H groups in total. The first-order valence-electron chi connectivity index (χ1n) is 19.0. The van der Waals surface area contributed by atoms with Crippen LogP contribution in [0, 0.1) is 34.8 Å². The lowest BCUT2D eigenvalue weighted by molar-refractivity contribution is -0.108. The van der Waals surface area contributed by atoms with Crippen molar-refractivity contribution in [2.75, 3.05) is 39.2 Å². The molecule has 0 amide bonds. The molecule has 3 aliphatic carbocycles. The number of piperazine rings is 1. The van der Waals surface area contributed by atoms with Gasteiger partial charge in [0.25, 0.3) is 5.56 Å². The minimum atomic E-state index is -0.400. The van der Waals surface area contributed by atoms with E-state index in [1.165, 1.54) is 32.8 Å². The lowest BCUT2D eigenvalue weighted by atomic mass is 9.45. The van der Waals surface area contributed by atoms with E-state index in [0.29, 0.717) is 81.4 Å². The Kier molecular flexibility index (Phi) is 10.5. The summed E-state index contributed by atoms with van der Waals surface area (Å²) in [6.07, 6.45) is 3.28. The Morgan fingerprint density at radius 3 is 2.28 bits per heavy atom. The molecule has 1 aliphatic heterocycles. The van der Waals surface area contributed by atoms with Gasteiger partial charge in [-0.2, -0.15) is 0 Å². The number of fused-ring (bicyclic) bond motifs is 3. The molecule has 0 spiro atoms. The average molecular weight is 727 g/mol. The number of hydrogen-bond donors (Lipinski definition) is 2. The molecule has 3 saturated carbocycles. The van der Waals surface area contributed by atoms with Crippen LogP contribution in [-0.2, 0) is 25.8 Å². The highest BCUT2D eigenvalue weighted by atomic mass is 19.1. The number of ether oxygens (including phenoxy) is 2. The third-order valence-corrected chi connectivity index (χ3v) is 12.3. The van der Waals surface area contributed by atoms with Crippen LogP contribution in [-0.4, -0.2) is 66.3 Å². The van der Waals surface area contributed by atoms with Crippen molar-refractivity contribution in [1.29, 1.82) is 0 Å². The van der Waals surface area contributed by atoms with Crippen molar-refractivity contribution in [2.24, 2.45) is 28.2 Å². The monoisotopic (exact) mass is 726 g/mol. The second-order valence-electron chi connectivity index (χ2n) is 15.8. The smallest absolute Gasteiger partial charge is 0.261 e. The molecule has 4 aliphatic rings. The predicted octanol–water partition coefficient (Wildman–Crippen LogP) is 6.85. The van der Waals surface area contributed by atoms with Crippen LogP contribution in [0.4, 0.5) is 14.5 Å². The van der Waals surface area contributed by atoms with Gasteiger partial charge in [-0.05, 0) is 97.2 Å². The molecule has 0 radical (unpaired) electrons. The van der Waals surface area contributed by atoms with Crippen LogP contribution in [0.1, 0.15) is 57.5 Å². The van der Waals surface area contributed by atoms with Gasteiger partial charge in [0.15, 0.2) is 5.96 Å². The Morgan fingerprint density at radius 2 is 1.66 bits per heavy atom. The first kappa shape index (κ1) is 36.8. The zero-order valence-electron chi connectivity index (χ0n) is 31.7. The Balaban J connectivity index is 1.21. The van der Waals surface area contributed by atoms with Crippen molar-refractivity contribution < 1.29 is 18.3 Å². The summed E-state index contributed by atoms with van der Waals surface area (Å²) >= 11 is 0. The van der Waals surface area contributed by atoms with Crippen LogP contribution in [0.15, 0.2) is 64.4 Å². The Labute approximate surface area is 310 Å². The van der Waals surface area contributed by atoms with Crippen molar-refractivity contribution in [3.05, 3.63) is 93.5 Å². The molecule has 2 bridgehead atoms. The summed E-state index contributed by atoms with van der Waals surface area (Å²) in [7, 11) is 2.99. The molecule has 1 aromatic heterocycles. The van der Waals surface area contributed by atoms with Crippen molar-refractivity contribution in [3.8, 4) is 11.5 Å². The summed E-state index contributed by atoms with van der Waals surface area (Å²) in [6, 6.07) is 15.7. The fourth-order valence-electron chi connectivity index (χ4n) is 8.86. The van der Waals surface area contributed by atoms with Gasteiger partial charge in [-0.25, -0.2) is 18.8 Å². The van der Waals surface area contributed by atoms with E-state index in [0.717, 1.165) is 37.7 Å². The van der Waals surface area contributed by atoms with Gasteiger partial charge >= 0.3 is 0 Å². The molecular formula is C42H52F2N6O3. The zero-order valence-corrected chi connectivity index (χ0v) is 31.7. The van der Waals surface area contributed by atoms with E-state index in [2.05, 4.69) is 43.2 Å². The highest BCUT2D eigenvalue weighted by Gasteiger charge is 2.56. The topological polar surface area (TPSA) is 93.0 Å². The fourth-order valence-corrected chi connectivity index (χ4v) is 8.86. The Morgan fingerprint density at radius 1 is 0.962 bits per heavy atom. The molecule has 5 atom stereocenters. The quantitative estimate of drug-likeness (QED) is 0.136. The lowest BCUT2D eigenvalue weighted by Crippen LogP contribution is -2.57. The van der Waals surface area contributed by atoms with E-state index >= 15 is 4.39 Å². The van der Waals surface area contributed by atoms with E-state index in [1.54, 1.807) is 28.8 Å². The van der Waals surface area contributed by atoms with E-state index < -0.39 is 5.82 Å². The predicted molar refractivity (Wildman–Crippen MR) is 206 cm³/mol. The van der Waals surface area contributed by atoms with E-state index in [9.17, 15) is 9.18 Å². The van der Waals surface area contributed by atoms with Gasteiger partial charge in [0.05, 0.1) is 31.2 Å². The molecule has 2 heterocycles. The average Bonchev–Trinajstić information content (AvgIpc) is 3.14. The first-order valence-corrected chi connectivity index (χ1v) is 19.0. The normalized spacial score (nSPS) is 23.8. The number of aryl methyl sites for hydroxylation is 3. The van der Waals surface area contributed by atoms with E-state index in [1.807, 2.05) is 18.2 Å². The fraction of sp³-hybridized carbons (Fsp3) is 0.500. The van der Waals surface area contributed by atoms with Crippen molar-refractivity contribution in [3.63, 3.8) is 0 Å². The maximum Gasteiger partial charge on any atom is 0.261 e. The minimum absolute atomic E-state index is 0.210. The summed E-state index contributed by atoms with van der Waals surface area (Å²) in [5.74, 6) is 3.31. The molecule has 4 aromatic rings. The summed E-state index contributed by atoms with van der Waals surface area (Å²) in [6.45, 7) is 12.1. The number of aromatic nitrogens is 2. The maximum absolute atomic E-state index is 15.0. The summed E-state index contributed by atoms with van der Waals surface area (Å²) in [5, 5.41) is 7.66. The second-order valence-corrected chi connectivity index (χ2v) is 15.8. The third-order valence-electron chi connectivity index (χ3n) is 12.3. The van der Waals surface area contributed by atoms with E-state index in [-0.39, 0.29) is 30.4 Å².